The summed E-state index contributed by atoms with van der Waals surface area (Å²) in [6, 6.07) is 8.07. The summed E-state index contributed by atoms with van der Waals surface area (Å²) in [5.41, 5.74) is 4.41. The number of aromatic amines is 1. The molecular formula is C23H12Cl2F7N5O4. The maximum atomic E-state index is 13.6. The third-order valence-electron chi connectivity index (χ3n) is 4.84. The number of imidazole rings is 1. The average Bonchev–Trinajstić information content (AvgIpc) is 3.23. The predicted octanol–water partition coefficient (Wildman–Crippen LogP) is 6.97. The van der Waals surface area contributed by atoms with E-state index >= 15 is 0 Å². The van der Waals surface area contributed by atoms with Crippen LogP contribution in [0.15, 0.2) is 48.9 Å². The first-order chi connectivity index (χ1) is 19.0. The number of nitrogens with one attached hydrogen (secondary N) is 2. The zero-order chi connectivity index (χ0) is 30.7. The Bertz CT molecular complexity index is 1500. The van der Waals surface area contributed by atoms with Crippen LogP contribution in [-0.2, 0) is 9.59 Å². The van der Waals surface area contributed by atoms with Gasteiger partial charge in [-0.2, -0.15) is 26.3 Å². The molecule has 1 aromatic carbocycles. The number of nitrogens with zero attached hydrogens (tertiary/aromatic N) is 3. The zero-order valence-corrected chi connectivity index (χ0v) is 21.1. The number of rotatable bonds is 1. The molecule has 0 saturated carbocycles. The number of alkyl halides is 6. The molecule has 41 heavy (non-hydrogen) atoms. The second-order valence-corrected chi connectivity index (χ2v) is 8.42. The smallest absolute Gasteiger partial charge is 0.475 e. The van der Waals surface area contributed by atoms with Gasteiger partial charge in [0, 0.05) is 23.5 Å². The Morgan fingerprint density at radius 1 is 0.878 bits per heavy atom. The van der Waals surface area contributed by atoms with Crippen molar-refractivity contribution in [3.8, 4) is 33.9 Å². The van der Waals surface area contributed by atoms with Crippen molar-refractivity contribution in [2.45, 2.75) is 12.4 Å². The summed E-state index contributed by atoms with van der Waals surface area (Å²) in [5.74, 6) is -4.90. The third kappa shape index (κ3) is 7.40. The lowest BCUT2D eigenvalue weighted by Crippen LogP contribution is -2.21. The molecule has 0 bridgehead atoms. The van der Waals surface area contributed by atoms with Crippen molar-refractivity contribution < 1.29 is 50.5 Å². The first-order valence-corrected chi connectivity index (χ1v) is 11.3. The number of hydrogen-bond acceptors (Lipinski definition) is 6. The number of aromatic nitrogens is 4. The van der Waals surface area contributed by atoms with Crippen molar-refractivity contribution in [2.24, 2.45) is 0 Å². The van der Waals surface area contributed by atoms with Crippen molar-refractivity contribution in [2.75, 3.05) is 5.32 Å². The van der Waals surface area contributed by atoms with Crippen LogP contribution in [0.2, 0.25) is 10.0 Å². The van der Waals surface area contributed by atoms with Gasteiger partial charge in [-0.05, 0) is 30.3 Å². The first-order valence-electron chi connectivity index (χ1n) is 10.5. The number of carboxylic acids is 2. The van der Waals surface area contributed by atoms with E-state index in [4.69, 9.17) is 48.0 Å². The Hall–Kier alpha value is -4.44. The number of carboxylic acid groups (broad SMARTS) is 2. The summed E-state index contributed by atoms with van der Waals surface area (Å²) in [7, 11) is 0. The second kappa shape index (κ2) is 12.0. The molecule has 0 fully saturated rings. The molecule has 3 aromatic heterocycles. The SMILES string of the molecule is Fc1cc(Cl)c(-c2nc3c([nH]2)-c2ccncc2Nc2ncccc2-3)c(Cl)c1.O=C(O)C(F)(F)F.O=C(O)C(F)(F)F. The molecule has 216 valence electrons. The Morgan fingerprint density at radius 3 is 1.98 bits per heavy atom. The van der Waals surface area contributed by atoms with Crippen LogP contribution in [0.5, 0.6) is 0 Å². The largest absolute Gasteiger partial charge is 0.490 e. The molecule has 0 saturated heterocycles. The van der Waals surface area contributed by atoms with Gasteiger partial charge in [0.25, 0.3) is 0 Å². The highest BCUT2D eigenvalue weighted by Crippen LogP contribution is 2.44. The minimum atomic E-state index is -5.08. The normalized spacial score (nSPS) is 11.6. The first kappa shape index (κ1) is 31.1. The number of hydrogen-bond donors (Lipinski definition) is 4. The molecule has 18 heteroatoms. The highest BCUT2D eigenvalue weighted by atomic mass is 35.5. The van der Waals surface area contributed by atoms with Crippen LogP contribution in [-0.4, -0.2) is 54.4 Å². The van der Waals surface area contributed by atoms with E-state index in [0.29, 0.717) is 22.9 Å². The topological polar surface area (TPSA) is 141 Å². The molecule has 1 aliphatic rings. The van der Waals surface area contributed by atoms with Crippen LogP contribution in [0.4, 0.5) is 42.2 Å². The van der Waals surface area contributed by atoms with E-state index in [0.717, 1.165) is 22.5 Å². The molecule has 0 radical (unpaired) electrons. The maximum absolute atomic E-state index is 13.6. The van der Waals surface area contributed by atoms with E-state index in [9.17, 15) is 30.7 Å². The van der Waals surface area contributed by atoms with E-state index in [1.807, 2.05) is 18.2 Å². The summed E-state index contributed by atoms with van der Waals surface area (Å²) < 4.78 is 77.0. The van der Waals surface area contributed by atoms with Gasteiger partial charge in [0.15, 0.2) is 0 Å². The molecule has 0 amide bonds. The van der Waals surface area contributed by atoms with Gasteiger partial charge in [-0.25, -0.2) is 23.9 Å². The number of benzene rings is 1. The molecule has 1 aliphatic heterocycles. The van der Waals surface area contributed by atoms with Crippen LogP contribution in [0, 0.1) is 5.82 Å². The number of halogens is 9. The average molecular weight is 626 g/mol. The molecule has 4 aromatic rings. The molecule has 0 atom stereocenters. The summed E-state index contributed by atoms with van der Waals surface area (Å²) >= 11 is 12.5. The lowest BCUT2D eigenvalue weighted by molar-refractivity contribution is -0.193. The van der Waals surface area contributed by atoms with E-state index < -0.39 is 30.1 Å². The number of carbonyl (C=O) groups is 2. The molecule has 0 aliphatic carbocycles. The quantitative estimate of drug-likeness (QED) is 0.146. The van der Waals surface area contributed by atoms with Crippen molar-refractivity contribution in [1.29, 1.82) is 0 Å². The Labute approximate surface area is 233 Å². The molecule has 5 rings (SSSR count). The van der Waals surface area contributed by atoms with E-state index in [2.05, 4.69) is 20.3 Å². The van der Waals surface area contributed by atoms with Crippen LogP contribution in [0.25, 0.3) is 33.9 Å². The molecule has 0 spiro atoms. The molecular weight excluding hydrogens is 614 g/mol. The molecule has 9 nitrogen and oxygen atoms in total. The van der Waals surface area contributed by atoms with Crippen LogP contribution in [0.1, 0.15) is 0 Å². The van der Waals surface area contributed by atoms with Gasteiger partial charge in [-0.15, -0.1) is 0 Å². The van der Waals surface area contributed by atoms with E-state index in [-0.39, 0.29) is 10.0 Å². The van der Waals surface area contributed by atoms with Gasteiger partial charge in [0.1, 0.15) is 23.2 Å². The number of pyridine rings is 2. The summed E-state index contributed by atoms with van der Waals surface area (Å²) in [6.45, 7) is 0. The highest BCUT2D eigenvalue weighted by molar-refractivity contribution is 6.39. The van der Waals surface area contributed by atoms with E-state index in [1.54, 1.807) is 18.6 Å². The van der Waals surface area contributed by atoms with Crippen molar-refractivity contribution >= 4 is 46.6 Å². The van der Waals surface area contributed by atoms with Gasteiger partial charge < -0.3 is 20.5 Å². The fourth-order valence-corrected chi connectivity index (χ4v) is 3.82. The van der Waals surface area contributed by atoms with Crippen molar-refractivity contribution in [3.63, 3.8) is 0 Å². The summed E-state index contributed by atoms with van der Waals surface area (Å²) in [4.78, 5) is 34.4. The van der Waals surface area contributed by atoms with Crippen molar-refractivity contribution in [1.82, 2.24) is 19.9 Å². The Balaban J connectivity index is 0.000000276. The van der Waals surface area contributed by atoms with E-state index in [1.165, 1.54) is 12.1 Å². The van der Waals surface area contributed by atoms with Gasteiger partial charge in [-0.1, -0.05) is 23.2 Å². The third-order valence-corrected chi connectivity index (χ3v) is 5.43. The number of fused-ring (bicyclic) bond motifs is 5. The lowest BCUT2D eigenvalue weighted by atomic mass is 10.1. The summed E-state index contributed by atoms with van der Waals surface area (Å²) in [5, 5.41) is 17.9. The fourth-order valence-electron chi connectivity index (χ4n) is 3.19. The lowest BCUT2D eigenvalue weighted by Gasteiger charge is -2.08. The van der Waals surface area contributed by atoms with Crippen LogP contribution in [0.3, 0.4) is 0 Å². The second-order valence-electron chi connectivity index (χ2n) is 7.61. The van der Waals surface area contributed by atoms with Gasteiger partial charge >= 0.3 is 24.3 Å². The van der Waals surface area contributed by atoms with Gasteiger partial charge in [0.05, 0.1) is 33.2 Å². The zero-order valence-electron chi connectivity index (χ0n) is 19.6. The predicted molar refractivity (Wildman–Crippen MR) is 131 cm³/mol. The molecule has 4 N–H and O–H groups in total. The minimum absolute atomic E-state index is 0.184. The van der Waals surface area contributed by atoms with Gasteiger partial charge in [0.2, 0.25) is 0 Å². The monoisotopic (exact) mass is 625 g/mol. The van der Waals surface area contributed by atoms with Crippen molar-refractivity contribution in [3.05, 3.63) is 64.8 Å². The number of H-pyrrole nitrogens is 1. The molecule has 4 heterocycles. The Kier molecular flexibility index (Phi) is 9.08. The highest BCUT2D eigenvalue weighted by Gasteiger charge is 2.39. The Morgan fingerprint density at radius 2 is 1.44 bits per heavy atom. The van der Waals surface area contributed by atoms with Crippen LogP contribution >= 0.6 is 23.2 Å². The molecule has 0 unspecified atom stereocenters. The van der Waals surface area contributed by atoms with Gasteiger partial charge in [-0.3, -0.25) is 4.98 Å². The number of anilines is 2. The number of aliphatic carboxylic acids is 2. The standard InChI is InChI=1S/C19H10Cl2FN5.2C2HF3O2/c20-12-6-9(22)7-13(21)15(12)19-26-16-10-3-5-23-8-14(10)25-18-11(17(16)27-19)2-1-4-24-18;2*3-2(4,5)1(6)7/h1-8H,(H,24,25)(H,26,27);2*(H,6,7). The fraction of sp³-hybridized carbons (Fsp3) is 0.0870. The van der Waals surface area contributed by atoms with Crippen LogP contribution < -0.4 is 5.32 Å². The minimum Gasteiger partial charge on any atom is -0.475 e. The summed E-state index contributed by atoms with van der Waals surface area (Å²) in [6.07, 6.45) is -5.04. The maximum Gasteiger partial charge on any atom is 0.490 e.